The Bertz CT molecular complexity index is 308. The summed E-state index contributed by atoms with van der Waals surface area (Å²) in [7, 11) is 0. The third-order valence-corrected chi connectivity index (χ3v) is 2.80. The van der Waals surface area contributed by atoms with Crippen LogP contribution < -0.4 is 0 Å². The minimum Gasteiger partial charge on any atom is -0.508 e. The summed E-state index contributed by atoms with van der Waals surface area (Å²) in [5, 5.41) is 8.94. The van der Waals surface area contributed by atoms with Crippen LogP contribution in [0.1, 0.15) is 59.4 Å². The molecule has 0 radical (unpaired) electrons. The zero-order valence-corrected chi connectivity index (χ0v) is 13.1. The second kappa shape index (κ2) is 14.7. The normalized spacial score (nSPS) is 10.4. The van der Waals surface area contributed by atoms with Gasteiger partial charge in [-0.05, 0) is 37.0 Å². The summed E-state index contributed by atoms with van der Waals surface area (Å²) in [4.78, 5) is 8.81. The van der Waals surface area contributed by atoms with Crippen molar-refractivity contribution in [2.45, 2.75) is 60.3 Å². The lowest BCUT2D eigenvalue weighted by molar-refractivity contribution is -0.106. The van der Waals surface area contributed by atoms with Crippen LogP contribution in [0.3, 0.4) is 0 Å². The third kappa shape index (κ3) is 14.6. The molecule has 0 amide bonds. The summed E-state index contributed by atoms with van der Waals surface area (Å²) >= 11 is 0. The Hall–Kier alpha value is -1.31. The van der Waals surface area contributed by atoms with Crippen molar-refractivity contribution in [2.75, 3.05) is 0 Å². The van der Waals surface area contributed by atoms with Gasteiger partial charge in [-0.3, -0.25) is 0 Å². The van der Waals surface area contributed by atoms with E-state index in [-0.39, 0.29) is 0 Å². The predicted octanol–water partition coefficient (Wildman–Crippen LogP) is 4.99. The van der Waals surface area contributed by atoms with Crippen molar-refractivity contribution in [3.8, 4) is 5.75 Å². The van der Waals surface area contributed by atoms with Crippen molar-refractivity contribution in [3.05, 3.63) is 29.8 Å². The Labute approximate surface area is 118 Å². The zero-order chi connectivity index (χ0) is 15.1. The Morgan fingerprint density at radius 2 is 1.84 bits per heavy atom. The van der Waals surface area contributed by atoms with Crippen LogP contribution >= 0.6 is 0 Å². The maximum Gasteiger partial charge on any atom is 0.116 e. The highest BCUT2D eigenvalue weighted by Crippen LogP contribution is 2.10. The fourth-order valence-corrected chi connectivity index (χ4v) is 1.47. The number of aldehydes is 1. The molecule has 19 heavy (non-hydrogen) atoms. The molecular formula is C17H30O2. The lowest BCUT2D eigenvalue weighted by atomic mass is 10.0. The van der Waals surface area contributed by atoms with Gasteiger partial charge in [0, 0.05) is 0 Å². The second-order valence-corrected chi connectivity index (χ2v) is 4.56. The van der Waals surface area contributed by atoms with E-state index in [9.17, 15) is 0 Å². The maximum atomic E-state index is 8.94. The van der Waals surface area contributed by atoms with Gasteiger partial charge in [-0.1, -0.05) is 59.1 Å². The molecule has 110 valence electrons. The van der Waals surface area contributed by atoms with Crippen molar-refractivity contribution < 1.29 is 9.90 Å². The highest BCUT2D eigenvalue weighted by atomic mass is 16.3. The molecule has 0 bridgehead atoms. The smallest absolute Gasteiger partial charge is 0.116 e. The number of carbonyl (C=O) groups is 1. The van der Waals surface area contributed by atoms with E-state index < -0.39 is 0 Å². The van der Waals surface area contributed by atoms with Gasteiger partial charge in [0.2, 0.25) is 0 Å². The van der Waals surface area contributed by atoms with Gasteiger partial charge in [-0.25, -0.2) is 0 Å². The van der Waals surface area contributed by atoms with Crippen LogP contribution in [0.4, 0.5) is 0 Å². The number of hydrogen-bond acceptors (Lipinski definition) is 2. The van der Waals surface area contributed by atoms with Gasteiger partial charge in [0.1, 0.15) is 12.0 Å². The lowest BCUT2D eigenvalue weighted by Crippen LogP contribution is -1.88. The Morgan fingerprint density at radius 1 is 1.26 bits per heavy atom. The molecule has 0 fully saturated rings. The number of carbonyl (C=O) groups excluding carboxylic acids is 1. The molecule has 2 heteroatoms. The van der Waals surface area contributed by atoms with Crippen LogP contribution in [-0.2, 0) is 11.2 Å². The summed E-state index contributed by atoms with van der Waals surface area (Å²) in [5.74, 6) is 1.30. The molecule has 0 saturated carbocycles. The molecular weight excluding hydrogens is 236 g/mol. The van der Waals surface area contributed by atoms with E-state index in [0.29, 0.717) is 5.75 Å². The highest BCUT2D eigenvalue weighted by molar-refractivity contribution is 5.44. The molecule has 0 aliphatic rings. The van der Waals surface area contributed by atoms with E-state index >= 15 is 0 Å². The van der Waals surface area contributed by atoms with Gasteiger partial charge >= 0.3 is 0 Å². The van der Waals surface area contributed by atoms with Crippen molar-refractivity contribution in [1.82, 2.24) is 0 Å². The van der Waals surface area contributed by atoms with Gasteiger partial charge in [-0.15, -0.1) is 0 Å². The van der Waals surface area contributed by atoms with E-state index in [1.165, 1.54) is 31.7 Å². The maximum absolute atomic E-state index is 8.94. The SMILES string of the molecule is CC=O.CCCC(C)CC.CCc1cccc(O)c1. The Morgan fingerprint density at radius 3 is 2.11 bits per heavy atom. The van der Waals surface area contributed by atoms with E-state index in [0.717, 1.165) is 18.6 Å². The molecule has 1 rings (SSSR count). The van der Waals surface area contributed by atoms with Crippen LogP contribution in [0, 0.1) is 5.92 Å². The Balaban J connectivity index is 0. The quantitative estimate of drug-likeness (QED) is 0.779. The van der Waals surface area contributed by atoms with E-state index in [1.54, 1.807) is 12.1 Å². The molecule has 0 heterocycles. The van der Waals surface area contributed by atoms with Crippen LogP contribution in [0.15, 0.2) is 24.3 Å². The number of hydrogen-bond donors (Lipinski definition) is 1. The molecule has 0 aromatic heterocycles. The number of rotatable bonds is 4. The minimum atomic E-state index is 0.356. The summed E-state index contributed by atoms with van der Waals surface area (Å²) < 4.78 is 0. The second-order valence-electron chi connectivity index (χ2n) is 4.56. The zero-order valence-electron chi connectivity index (χ0n) is 13.1. The van der Waals surface area contributed by atoms with E-state index in [2.05, 4.69) is 27.7 Å². The van der Waals surface area contributed by atoms with E-state index in [4.69, 9.17) is 9.90 Å². The number of aromatic hydroxyl groups is 1. The molecule has 2 nitrogen and oxygen atoms in total. The first-order chi connectivity index (χ1) is 9.05. The van der Waals surface area contributed by atoms with Gasteiger partial charge in [0.25, 0.3) is 0 Å². The van der Waals surface area contributed by atoms with E-state index in [1.807, 2.05) is 12.1 Å². The van der Waals surface area contributed by atoms with Crippen LogP contribution in [0.2, 0.25) is 0 Å². The molecule has 0 aliphatic carbocycles. The number of phenolic OH excluding ortho intramolecular Hbond substituents is 1. The van der Waals surface area contributed by atoms with Gasteiger partial charge in [0.15, 0.2) is 0 Å². The largest absolute Gasteiger partial charge is 0.508 e. The van der Waals surface area contributed by atoms with Gasteiger partial charge in [-0.2, -0.15) is 0 Å². The molecule has 0 saturated heterocycles. The predicted molar refractivity (Wildman–Crippen MR) is 83.6 cm³/mol. The third-order valence-electron chi connectivity index (χ3n) is 2.80. The summed E-state index contributed by atoms with van der Waals surface area (Å²) in [6.07, 6.45) is 5.81. The first-order valence-corrected chi connectivity index (χ1v) is 7.23. The average Bonchev–Trinajstić information content (AvgIpc) is 2.40. The van der Waals surface area contributed by atoms with Crippen LogP contribution in [0.25, 0.3) is 0 Å². The topological polar surface area (TPSA) is 37.3 Å². The molecule has 0 spiro atoms. The summed E-state index contributed by atoms with van der Waals surface area (Å²) in [5.41, 5.74) is 1.18. The number of benzene rings is 1. The molecule has 1 aromatic rings. The van der Waals surface area contributed by atoms with Crippen molar-refractivity contribution in [2.24, 2.45) is 5.92 Å². The fraction of sp³-hybridized carbons (Fsp3) is 0.588. The lowest BCUT2D eigenvalue weighted by Gasteiger charge is -2.02. The molecule has 1 aromatic carbocycles. The Kier molecular flexibility index (Phi) is 15.5. The van der Waals surface area contributed by atoms with Crippen LogP contribution in [-0.4, -0.2) is 11.4 Å². The van der Waals surface area contributed by atoms with Crippen molar-refractivity contribution in [1.29, 1.82) is 0 Å². The minimum absolute atomic E-state index is 0.356. The molecule has 0 aliphatic heterocycles. The number of aryl methyl sites for hydroxylation is 1. The average molecular weight is 266 g/mol. The summed E-state index contributed by atoms with van der Waals surface area (Å²) in [6.45, 7) is 10.3. The van der Waals surface area contributed by atoms with Crippen LogP contribution in [0.5, 0.6) is 5.75 Å². The highest BCUT2D eigenvalue weighted by Gasteiger charge is 1.92. The van der Waals surface area contributed by atoms with Crippen molar-refractivity contribution >= 4 is 6.29 Å². The first kappa shape index (κ1) is 20.0. The fourth-order valence-electron chi connectivity index (χ4n) is 1.47. The van der Waals surface area contributed by atoms with Crippen molar-refractivity contribution in [3.63, 3.8) is 0 Å². The number of phenols is 1. The van der Waals surface area contributed by atoms with Gasteiger partial charge < -0.3 is 9.90 Å². The molecule has 1 N–H and O–H groups in total. The monoisotopic (exact) mass is 266 g/mol. The molecule has 1 atom stereocenters. The standard InChI is InChI=1S/C8H10O.C7H16.C2H4O/c1-2-7-4-3-5-8(9)6-7;1-4-6-7(3)5-2;1-2-3/h3-6,9H,2H2,1H3;7H,4-6H2,1-3H3;2H,1H3. The van der Waals surface area contributed by atoms with Gasteiger partial charge in [0.05, 0.1) is 0 Å². The molecule has 1 unspecified atom stereocenters. The summed E-state index contributed by atoms with van der Waals surface area (Å²) in [6, 6.07) is 7.31. The first-order valence-electron chi connectivity index (χ1n) is 7.23.